The fourth-order valence-electron chi connectivity index (χ4n) is 2.63. The van der Waals surface area contributed by atoms with Gasteiger partial charge in [-0.15, -0.1) is 10.2 Å². The number of anilines is 2. The molecule has 1 aromatic heterocycles. The maximum absolute atomic E-state index is 13.0. The molecule has 0 atom stereocenters. The van der Waals surface area contributed by atoms with Crippen LogP contribution in [0, 0.1) is 6.92 Å². The lowest BCUT2D eigenvalue weighted by Crippen LogP contribution is -2.18. The predicted octanol–water partition coefficient (Wildman–Crippen LogP) is 4.49. The third-order valence-corrected chi connectivity index (χ3v) is 5.29. The molecular weight excluding hydrogens is 415 g/mol. The summed E-state index contributed by atoms with van der Waals surface area (Å²) in [4.78, 5) is 12.2. The van der Waals surface area contributed by atoms with Crippen molar-refractivity contribution < 1.29 is 18.0 Å². The summed E-state index contributed by atoms with van der Waals surface area (Å²) < 4.78 is 40.8. The van der Waals surface area contributed by atoms with Gasteiger partial charge >= 0.3 is 6.18 Å². The summed E-state index contributed by atoms with van der Waals surface area (Å²) in [7, 11) is 1.77. The molecule has 2 N–H and O–H groups in total. The minimum absolute atomic E-state index is 0.0937. The lowest BCUT2D eigenvalue weighted by atomic mass is 10.1. The number of aromatic nitrogens is 3. The molecule has 3 aromatic rings. The highest BCUT2D eigenvalue weighted by molar-refractivity contribution is 7.99. The first-order chi connectivity index (χ1) is 14.2. The van der Waals surface area contributed by atoms with E-state index >= 15 is 0 Å². The number of nitrogens with one attached hydrogen (secondary N) is 2. The Labute approximate surface area is 175 Å². The van der Waals surface area contributed by atoms with Gasteiger partial charge in [-0.1, -0.05) is 41.6 Å². The van der Waals surface area contributed by atoms with Crippen LogP contribution >= 0.6 is 11.8 Å². The minimum atomic E-state index is -4.54. The second-order valence-corrected chi connectivity index (χ2v) is 7.50. The molecule has 0 aliphatic heterocycles. The smallest absolute Gasteiger partial charge is 0.378 e. The minimum Gasteiger partial charge on any atom is -0.378 e. The fraction of sp³-hybridized carbons (Fsp3) is 0.250. The van der Waals surface area contributed by atoms with Crippen molar-refractivity contribution in [2.45, 2.75) is 24.8 Å². The number of carbonyl (C=O) groups is 1. The van der Waals surface area contributed by atoms with Crippen molar-refractivity contribution in [3.05, 3.63) is 65.5 Å². The molecule has 0 saturated carbocycles. The number of alkyl halides is 3. The zero-order valence-electron chi connectivity index (χ0n) is 16.3. The third-order valence-electron chi connectivity index (χ3n) is 4.27. The van der Waals surface area contributed by atoms with Crippen LogP contribution in [0.5, 0.6) is 0 Å². The molecule has 10 heteroatoms. The molecule has 1 heterocycles. The summed E-state index contributed by atoms with van der Waals surface area (Å²) >= 11 is 1.10. The van der Waals surface area contributed by atoms with Crippen molar-refractivity contribution >= 4 is 29.0 Å². The lowest BCUT2D eigenvalue weighted by Gasteiger charge is -2.13. The van der Waals surface area contributed by atoms with E-state index in [1.165, 1.54) is 18.2 Å². The van der Waals surface area contributed by atoms with E-state index in [9.17, 15) is 18.0 Å². The van der Waals surface area contributed by atoms with Gasteiger partial charge in [0.2, 0.25) is 5.91 Å². The maximum Gasteiger partial charge on any atom is 0.418 e. The number of hydrogen-bond donors (Lipinski definition) is 2. The van der Waals surface area contributed by atoms with Crippen LogP contribution in [0.15, 0.2) is 53.7 Å². The van der Waals surface area contributed by atoms with Crippen molar-refractivity contribution in [1.29, 1.82) is 0 Å². The van der Waals surface area contributed by atoms with Crippen LogP contribution in [0.1, 0.15) is 17.0 Å². The fourth-order valence-corrected chi connectivity index (χ4v) is 3.36. The molecule has 0 bridgehead atoms. The van der Waals surface area contributed by atoms with E-state index in [-0.39, 0.29) is 11.4 Å². The number of rotatable bonds is 7. The second kappa shape index (κ2) is 9.21. The van der Waals surface area contributed by atoms with Crippen LogP contribution in [0.2, 0.25) is 0 Å². The van der Waals surface area contributed by atoms with E-state index in [1.54, 1.807) is 11.6 Å². The van der Waals surface area contributed by atoms with E-state index in [2.05, 4.69) is 20.8 Å². The molecule has 0 saturated heterocycles. The Morgan fingerprint density at radius 3 is 2.50 bits per heavy atom. The van der Waals surface area contributed by atoms with E-state index in [0.29, 0.717) is 17.5 Å². The normalized spacial score (nSPS) is 11.4. The van der Waals surface area contributed by atoms with Crippen LogP contribution < -0.4 is 10.6 Å². The molecule has 0 aliphatic carbocycles. The largest absolute Gasteiger partial charge is 0.418 e. The van der Waals surface area contributed by atoms with Gasteiger partial charge in [-0.3, -0.25) is 4.79 Å². The van der Waals surface area contributed by atoms with Gasteiger partial charge in [-0.05, 0) is 31.2 Å². The number of benzene rings is 2. The van der Waals surface area contributed by atoms with Crippen LogP contribution in [-0.2, 0) is 24.6 Å². The van der Waals surface area contributed by atoms with Gasteiger partial charge in [-0.25, -0.2) is 0 Å². The van der Waals surface area contributed by atoms with Gasteiger partial charge in [0.1, 0.15) is 0 Å². The molecule has 0 aliphatic rings. The molecule has 0 spiro atoms. The van der Waals surface area contributed by atoms with Crippen LogP contribution in [0.25, 0.3) is 0 Å². The van der Waals surface area contributed by atoms with Crippen molar-refractivity contribution in [1.82, 2.24) is 14.8 Å². The molecule has 30 heavy (non-hydrogen) atoms. The molecule has 0 unspecified atom stereocenters. The summed E-state index contributed by atoms with van der Waals surface area (Å²) in [6.45, 7) is 2.45. The zero-order valence-corrected chi connectivity index (χ0v) is 17.1. The number of thioether (sulfide) groups is 1. The van der Waals surface area contributed by atoms with Gasteiger partial charge in [0.15, 0.2) is 11.0 Å². The number of aryl methyl sites for hydroxylation is 1. The van der Waals surface area contributed by atoms with E-state index in [0.717, 1.165) is 29.1 Å². The summed E-state index contributed by atoms with van der Waals surface area (Å²) in [5.74, 6) is 0.0174. The molecule has 1 amide bonds. The molecule has 6 nitrogen and oxygen atoms in total. The lowest BCUT2D eigenvalue weighted by molar-refractivity contribution is -0.137. The van der Waals surface area contributed by atoms with E-state index in [4.69, 9.17) is 0 Å². The summed E-state index contributed by atoms with van der Waals surface area (Å²) in [6.07, 6.45) is -4.54. The number of halogens is 3. The molecule has 0 radical (unpaired) electrons. The third kappa shape index (κ3) is 5.53. The number of nitrogens with zero attached hydrogens (tertiary/aromatic N) is 3. The highest BCUT2D eigenvalue weighted by atomic mass is 32.2. The summed E-state index contributed by atoms with van der Waals surface area (Å²) in [5, 5.41) is 14.2. The quantitative estimate of drug-likeness (QED) is 0.535. The van der Waals surface area contributed by atoms with Crippen LogP contribution in [-0.4, -0.2) is 26.4 Å². The Balaban J connectivity index is 1.56. The van der Waals surface area contributed by atoms with Crippen molar-refractivity contribution in [2.75, 3.05) is 16.4 Å². The van der Waals surface area contributed by atoms with Gasteiger partial charge < -0.3 is 15.2 Å². The van der Waals surface area contributed by atoms with E-state index in [1.807, 2.05) is 31.2 Å². The maximum atomic E-state index is 13.0. The van der Waals surface area contributed by atoms with Gasteiger partial charge in [-0.2, -0.15) is 13.2 Å². The standard InChI is InChI=1S/C20H20F3N5OS/c1-13-7-9-14(10-8-13)24-11-17-26-27-19(28(17)2)30-12-18(29)25-16-6-4-3-5-15(16)20(21,22)23/h3-10,24H,11-12H2,1-2H3,(H,25,29). The van der Waals surface area contributed by atoms with E-state index < -0.39 is 17.6 Å². The molecule has 158 valence electrons. The summed E-state index contributed by atoms with van der Waals surface area (Å²) in [5.41, 5.74) is 0.956. The first-order valence-corrected chi connectivity index (χ1v) is 10.0. The number of amides is 1. The van der Waals surface area contributed by atoms with Crippen molar-refractivity contribution in [3.63, 3.8) is 0 Å². The van der Waals surface area contributed by atoms with Crippen molar-refractivity contribution in [2.24, 2.45) is 7.05 Å². The van der Waals surface area contributed by atoms with Gasteiger partial charge in [0, 0.05) is 12.7 Å². The molecule has 3 rings (SSSR count). The molecule has 2 aromatic carbocycles. The SMILES string of the molecule is Cc1ccc(NCc2nnc(SCC(=O)Nc3ccccc3C(F)(F)F)n2C)cc1. The highest BCUT2D eigenvalue weighted by Gasteiger charge is 2.33. The van der Waals surface area contributed by atoms with Crippen LogP contribution in [0.3, 0.4) is 0 Å². The summed E-state index contributed by atoms with van der Waals surface area (Å²) in [6, 6.07) is 12.8. The number of para-hydroxylation sites is 1. The Morgan fingerprint density at radius 1 is 1.10 bits per heavy atom. The van der Waals surface area contributed by atoms with Crippen LogP contribution in [0.4, 0.5) is 24.5 Å². The Bertz CT molecular complexity index is 1020. The Kier molecular flexibility index (Phi) is 6.66. The first kappa shape index (κ1) is 21.7. The average Bonchev–Trinajstić information content (AvgIpc) is 3.05. The monoisotopic (exact) mass is 435 g/mol. The Hall–Kier alpha value is -3.01. The average molecular weight is 435 g/mol. The predicted molar refractivity (Wildman–Crippen MR) is 110 cm³/mol. The highest BCUT2D eigenvalue weighted by Crippen LogP contribution is 2.34. The zero-order chi connectivity index (χ0) is 21.7. The topological polar surface area (TPSA) is 71.8 Å². The Morgan fingerprint density at radius 2 is 1.80 bits per heavy atom. The van der Waals surface area contributed by atoms with Gasteiger partial charge in [0.25, 0.3) is 0 Å². The number of hydrogen-bond acceptors (Lipinski definition) is 5. The van der Waals surface area contributed by atoms with Gasteiger partial charge in [0.05, 0.1) is 23.5 Å². The molecular formula is C20H20F3N5OS. The second-order valence-electron chi connectivity index (χ2n) is 6.56. The first-order valence-electron chi connectivity index (χ1n) is 9.01. The van der Waals surface area contributed by atoms with Crippen molar-refractivity contribution in [3.8, 4) is 0 Å². The molecule has 0 fully saturated rings. The number of carbonyl (C=O) groups excluding carboxylic acids is 1.